The molecule has 0 saturated carbocycles. The van der Waals surface area contributed by atoms with E-state index < -0.39 is 5.97 Å². The zero-order chi connectivity index (χ0) is 13.5. The summed E-state index contributed by atoms with van der Waals surface area (Å²) in [5.74, 6) is -0.973. The fourth-order valence-electron chi connectivity index (χ4n) is 2.67. The molecular formula is C15H22N2O2. The molecule has 4 heteroatoms. The van der Waals surface area contributed by atoms with Crippen LogP contribution in [0.25, 0.3) is 0 Å². The monoisotopic (exact) mass is 262 g/mol. The van der Waals surface area contributed by atoms with Gasteiger partial charge in [0.1, 0.15) is 6.54 Å². The van der Waals surface area contributed by atoms with Gasteiger partial charge in [0, 0.05) is 37.0 Å². The molecule has 0 amide bonds. The van der Waals surface area contributed by atoms with E-state index in [-0.39, 0.29) is 6.42 Å². The van der Waals surface area contributed by atoms with Gasteiger partial charge in [-0.1, -0.05) is 30.3 Å². The molecular weight excluding hydrogens is 240 g/mol. The Morgan fingerprint density at radius 2 is 1.95 bits per heavy atom. The summed E-state index contributed by atoms with van der Waals surface area (Å²) in [4.78, 5) is 12.0. The van der Waals surface area contributed by atoms with Crippen LogP contribution in [0.1, 0.15) is 24.8 Å². The molecule has 0 radical (unpaired) electrons. The van der Waals surface area contributed by atoms with Gasteiger partial charge in [-0.25, -0.2) is 0 Å². The van der Waals surface area contributed by atoms with Crippen LogP contribution < -0.4 is 15.3 Å². The first-order chi connectivity index (χ1) is 9.24. The van der Waals surface area contributed by atoms with Crippen LogP contribution in [0.2, 0.25) is 0 Å². The van der Waals surface area contributed by atoms with Crippen molar-refractivity contribution in [3.8, 4) is 0 Å². The lowest BCUT2D eigenvalue weighted by molar-refractivity contribution is -0.918. The predicted molar refractivity (Wildman–Crippen MR) is 71.5 cm³/mol. The first-order valence-corrected chi connectivity index (χ1v) is 7.05. The molecule has 0 atom stereocenters. The van der Waals surface area contributed by atoms with Crippen molar-refractivity contribution in [1.29, 1.82) is 0 Å². The third kappa shape index (κ3) is 5.01. The number of piperidine rings is 1. The zero-order valence-corrected chi connectivity index (χ0v) is 11.2. The molecule has 1 aliphatic rings. The van der Waals surface area contributed by atoms with E-state index in [1.807, 2.05) is 6.07 Å². The Labute approximate surface area is 114 Å². The first-order valence-electron chi connectivity index (χ1n) is 7.05. The number of benzene rings is 1. The normalized spacial score (nSPS) is 23.2. The van der Waals surface area contributed by atoms with Crippen LogP contribution in [0.4, 0.5) is 0 Å². The second kappa shape index (κ2) is 7.26. The Kier molecular flexibility index (Phi) is 5.36. The van der Waals surface area contributed by atoms with Crippen LogP contribution in [0.15, 0.2) is 30.3 Å². The molecule has 19 heavy (non-hydrogen) atoms. The number of likely N-dealkylation sites (tertiary alicyclic amines) is 1. The predicted octanol–water partition coefficient (Wildman–Crippen LogP) is -1.04. The minimum absolute atomic E-state index is 0.108. The number of hydrogen-bond acceptors (Lipinski definition) is 3. The number of rotatable bonds is 6. The van der Waals surface area contributed by atoms with Crippen molar-refractivity contribution >= 4 is 5.97 Å². The quantitative estimate of drug-likeness (QED) is 0.689. The number of carbonyl (C=O) groups is 1. The van der Waals surface area contributed by atoms with E-state index >= 15 is 0 Å². The molecule has 2 rings (SSSR count). The molecule has 2 N–H and O–H groups in total. The minimum atomic E-state index is -0.973. The van der Waals surface area contributed by atoms with Gasteiger partial charge >= 0.3 is 0 Å². The largest absolute Gasteiger partial charge is 0.550 e. The van der Waals surface area contributed by atoms with Gasteiger partial charge in [-0.3, -0.25) is 0 Å². The molecule has 1 aromatic rings. The van der Waals surface area contributed by atoms with E-state index in [0.29, 0.717) is 12.6 Å². The van der Waals surface area contributed by atoms with Crippen LogP contribution in [0.5, 0.6) is 0 Å². The fourth-order valence-corrected chi connectivity index (χ4v) is 2.67. The Morgan fingerprint density at radius 1 is 1.26 bits per heavy atom. The second-order valence-corrected chi connectivity index (χ2v) is 5.26. The van der Waals surface area contributed by atoms with E-state index in [1.165, 1.54) is 5.56 Å². The topological polar surface area (TPSA) is 56.6 Å². The lowest BCUT2D eigenvalue weighted by Gasteiger charge is -2.30. The lowest BCUT2D eigenvalue weighted by Crippen LogP contribution is -3.12. The van der Waals surface area contributed by atoms with E-state index in [2.05, 4.69) is 29.6 Å². The highest BCUT2D eigenvalue weighted by Gasteiger charge is 2.21. The molecule has 1 heterocycles. The highest BCUT2D eigenvalue weighted by Crippen LogP contribution is 2.01. The van der Waals surface area contributed by atoms with E-state index in [1.54, 1.807) is 4.90 Å². The Morgan fingerprint density at radius 3 is 2.58 bits per heavy atom. The Bertz CT molecular complexity index is 386. The molecule has 4 nitrogen and oxygen atoms in total. The highest BCUT2D eigenvalue weighted by atomic mass is 16.4. The number of carboxylic acid groups (broad SMARTS) is 1. The average Bonchev–Trinajstić information content (AvgIpc) is 2.42. The van der Waals surface area contributed by atoms with Crippen LogP contribution in [0, 0.1) is 0 Å². The third-order valence-electron chi connectivity index (χ3n) is 3.75. The van der Waals surface area contributed by atoms with Crippen molar-refractivity contribution in [3.05, 3.63) is 35.9 Å². The van der Waals surface area contributed by atoms with Crippen molar-refractivity contribution in [2.24, 2.45) is 0 Å². The van der Waals surface area contributed by atoms with Gasteiger partial charge in [0.25, 0.3) is 0 Å². The molecule has 0 aliphatic carbocycles. The van der Waals surface area contributed by atoms with Gasteiger partial charge < -0.3 is 20.1 Å². The third-order valence-corrected chi connectivity index (χ3v) is 3.75. The van der Waals surface area contributed by atoms with E-state index in [9.17, 15) is 9.90 Å². The fraction of sp³-hybridized carbons (Fsp3) is 0.533. The zero-order valence-electron chi connectivity index (χ0n) is 11.2. The van der Waals surface area contributed by atoms with Gasteiger partial charge in [0.05, 0.1) is 13.1 Å². The summed E-state index contributed by atoms with van der Waals surface area (Å²) in [5.41, 5.74) is 1.39. The van der Waals surface area contributed by atoms with Crippen molar-refractivity contribution < 1.29 is 14.8 Å². The summed E-state index contributed by atoms with van der Waals surface area (Å²) in [5, 5.41) is 13.6. The molecule has 1 fully saturated rings. The van der Waals surface area contributed by atoms with Gasteiger partial charge in [0.2, 0.25) is 0 Å². The summed E-state index contributed by atoms with van der Waals surface area (Å²) in [6, 6.07) is 11.0. The number of nitrogens with one attached hydrogen (secondary N) is 2. The van der Waals surface area contributed by atoms with E-state index in [4.69, 9.17) is 0 Å². The van der Waals surface area contributed by atoms with Crippen molar-refractivity contribution in [3.63, 3.8) is 0 Å². The second-order valence-electron chi connectivity index (χ2n) is 5.26. The molecule has 0 bridgehead atoms. The average molecular weight is 262 g/mol. The molecule has 1 aromatic carbocycles. The van der Waals surface area contributed by atoms with E-state index in [0.717, 1.165) is 32.5 Å². The molecule has 0 unspecified atom stereocenters. The summed E-state index contributed by atoms with van der Waals surface area (Å²) in [6.07, 6.45) is 2.35. The first kappa shape index (κ1) is 14.0. The van der Waals surface area contributed by atoms with Crippen molar-refractivity contribution in [1.82, 2.24) is 5.32 Å². The number of carbonyl (C=O) groups excluding carboxylic acids is 1. The number of carboxylic acids is 1. The number of quaternary nitrogens is 1. The standard InChI is InChI=1S/C15H22N2O2/c18-15(19)6-9-16-14-7-10-17(11-8-14)12-13-4-2-1-3-5-13/h1-5,14,16H,6-12H2,(H,18,19). The maximum absolute atomic E-state index is 10.3. The number of hydrogen-bond donors (Lipinski definition) is 2. The Hall–Kier alpha value is -1.39. The Balaban J connectivity index is 1.66. The minimum Gasteiger partial charge on any atom is -0.550 e. The molecule has 0 spiro atoms. The molecule has 1 saturated heterocycles. The molecule has 104 valence electrons. The SMILES string of the molecule is O=C([O-])CCNC1CC[NH+](Cc2ccccc2)CC1. The van der Waals surface area contributed by atoms with Crippen LogP contribution >= 0.6 is 0 Å². The summed E-state index contributed by atoms with van der Waals surface area (Å²) in [7, 11) is 0. The summed E-state index contributed by atoms with van der Waals surface area (Å²) in [6.45, 7) is 3.92. The van der Waals surface area contributed by atoms with Crippen molar-refractivity contribution in [2.75, 3.05) is 19.6 Å². The van der Waals surface area contributed by atoms with Crippen LogP contribution in [-0.2, 0) is 11.3 Å². The molecule has 0 aromatic heterocycles. The smallest absolute Gasteiger partial charge is 0.103 e. The number of aliphatic carboxylic acids is 1. The van der Waals surface area contributed by atoms with Crippen LogP contribution in [0.3, 0.4) is 0 Å². The molecule has 1 aliphatic heterocycles. The highest BCUT2D eigenvalue weighted by molar-refractivity contribution is 5.64. The van der Waals surface area contributed by atoms with Gasteiger partial charge in [0.15, 0.2) is 0 Å². The van der Waals surface area contributed by atoms with Gasteiger partial charge in [-0.15, -0.1) is 0 Å². The maximum Gasteiger partial charge on any atom is 0.103 e. The van der Waals surface area contributed by atoms with Crippen molar-refractivity contribution in [2.45, 2.75) is 31.8 Å². The summed E-state index contributed by atoms with van der Waals surface area (Å²) >= 11 is 0. The summed E-state index contributed by atoms with van der Waals surface area (Å²) < 4.78 is 0. The van der Waals surface area contributed by atoms with Crippen LogP contribution in [-0.4, -0.2) is 31.6 Å². The maximum atomic E-state index is 10.3. The lowest BCUT2D eigenvalue weighted by atomic mass is 10.0. The van der Waals surface area contributed by atoms with Gasteiger partial charge in [-0.2, -0.15) is 0 Å². The van der Waals surface area contributed by atoms with Gasteiger partial charge in [-0.05, 0) is 6.42 Å².